The molecule has 0 saturated heterocycles. The molecular formula is C12H14ClFN4. The van der Waals surface area contributed by atoms with Crippen LogP contribution in [-0.4, -0.2) is 16.3 Å². The molecule has 0 amide bonds. The Hall–Kier alpha value is -1.75. The molecule has 1 aromatic heterocycles. The molecule has 0 fully saturated rings. The Kier molecular flexibility index (Phi) is 4.04. The van der Waals surface area contributed by atoms with Gasteiger partial charge in [-0.2, -0.15) is 5.10 Å². The standard InChI is InChI=1S/C12H14ClFN4/c13-9-3-4-10(15)12(11(9)14)16-5-1-7-18-8-2-6-17-18/h2-4,6,8,16H,1,5,7,15H2. The van der Waals surface area contributed by atoms with Crippen molar-refractivity contribution in [3.63, 3.8) is 0 Å². The van der Waals surface area contributed by atoms with Crippen molar-refractivity contribution in [2.45, 2.75) is 13.0 Å². The van der Waals surface area contributed by atoms with Gasteiger partial charge >= 0.3 is 0 Å². The zero-order chi connectivity index (χ0) is 13.0. The number of hydrogen-bond donors (Lipinski definition) is 2. The van der Waals surface area contributed by atoms with Gasteiger partial charge in [0.1, 0.15) is 0 Å². The van der Waals surface area contributed by atoms with Crippen molar-refractivity contribution >= 4 is 23.0 Å². The number of nitrogens with one attached hydrogen (secondary N) is 1. The highest BCUT2D eigenvalue weighted by Gasteiger charge is 2.09. The summed E-state index contributed by atoms with van der Waals surface area (Å²) in [4.78, 5) is 0. The lowest BCUT2D eigenvalue weighted by molar-refractivity contribution is 0.589. The number of nitrogens with zero attached hydrogens (tertiary/aromatic N) is 2. The van der Waals surface area contributed by atoms with Crippen molar-refractivity contribution in [2.75, 3.05) is 17.6 Å². The van der Waals surface area contributed by atoms with E-state index in [1.165, 1.54) is 6.07 Å². The van der Waals surface area contributed by atoms with Crippen molar-refractivity contribution < 1.29 is 4.39 Å². The minimum Gasteiger partial charge on any atom is -0.397 e. The van der Waals surface area contributed by atoms with E-state index in [0.29, 0.717) is 12.2 Å². The van der Waals surface area contributed by atoms with E-state index in [2.05, 4.69) is 10.4 Å². The molecule has 18 heavy (non-hydrogen) atoms. The van der Waals surface area contributed by atoms with Gasteiger partial charge in [0.2, 0.25) is 0 Å². The van der Waals surface area contributed by atoms with Gasteiger partial charge in [-0.1, -0.05) is 11.6 Å². The van der Waals surface area contributed by atoms with Crippen LogP contribution in [0, 0.1) is 5.82 Å². The summed E-state index contributed by atoms with van der Waals surface area (Å²) in [6, 6.07) is 4.89. The van der Waals surface area contributed by atoms with Gasteiger partial charge in [-0.05, 0) is 24.6 Å². The number of nitrogen functional groups attached to an aromatic ring is 1. The average Bonchev–Trinajstić information content (AvgIpc) is 2.86. The first-order valence-electron chi connectivity index (χ1n) is 5.63. The SMILES string of the molecule is Nc1ccc(Cl)c(F)c1NCCCn1cccn1. The second-order valence-corrected chi connectivity index (χ2v) is 4.28. The number of aromatic nitrogens is 2. The van der Waals surface area contributed by atoms with Crippen molar-refractivity contribution in [3.8, 4) is 0 Å². The molecule has 0 saturated carbocycles. The summed E-state index contributed by atoms with van der Waals surface area (Å²) in [5.74, 6) is -0.504. The summed E-state index contributed by atoms with van der Waals surface area (Å²) in [5.41, 5.74) is 6.31. The van der Waals surface area contributed by atoms with E-state index in [1.807, 2.05) is 16.9 Å². The first-order valence-corrected chi connectivity index (χ1v) is 6.01. The van der Waals surface area contributed by atoms with Gasteiger partial charge in [0.15, 0.2) is 5.82 Å². The molecule has 0 aliphatic heterocycles. The monoisotopic (exact) mass is 268 g/mol. The lowest BCUT2D eigenvalue weighted by Gasteiger charge is -2.11. The van der Waals surface area contributed by atoms with E-state index in [4.69, 9.17) is 17.3 Å². The van der Waals surface area contributed by atoms with Crippen molar-refractivity contribution in [1.82, 2.24) is 9.78 Å². The molecular weight excluding hydrogens is 255 g/mol. The number of anilines is 2. The van der Waals surface area contributed by atoms with Crippen LogP contribution in [0.15, 0.2) is 30.6 Å². The predicted molar refractivity (Wildman–Crippen MR) is 71.2 cm³/mol. The largest absolute Gasteiger partial charge is 0.397 e. The van der Waals surface area contributed by atoms with E-state index in [-0.39, 0.29) is 10.7 Å². The van der Waals surface area contributed by atoms with E-state index in [1.54, 1.807) is 12.3 Å². The summed E-state index contributed by atoms with van der Waals surface area (Å²) in [5, 5.41) is 7.11. The molecule has 2 aromatic rings. The highest BCUT2D eigenvalue weighted by atomic mass is 35.5. The molecule has 3 N–H and O–H groups in total. The maximum absolute atomic E-state index is 13.7. The van der Waals surface area contributed by atoms with Crippen LogP contribution in [0.5, 0.6) is 0 Å². The van der Waals surface area contributed by atoms with E-state index < -0.39 is 5.82 Å². The van der Waals surface area contributed by atoms with E-state index in [9.17, 15) is 4.39 Å². The first kappa shape index (κ1) is 12.7. The van der Waals surface area contributed by atoms with Gasteiger partial charge in [0.05, 0.1) is 16.4 Å². The topological polar surface area (TPSA) is 55.9 Å². The molecule has 4 nitrogen and oxygen atoms in total. The molecule has 0 aliphatic carbocycles. The Balaban J connectivity index is 1.88. The number of hydrogen-bond acceptors (Lipinski definition) is 3. The number of aryl methyl sites for hydroxylation is 1. The highest BCUT2D eigenvalue weighted by Crippen LogP contribution is 2.28. The third-order valence-electron chi connectivity index (χ3n) is 2.55. The molecule has 0 aliphatic rings. The Morgan fingerprint density at radius 3 is 3.00 bits per heavy atom. The van der Waals surface area contributed by atoms with Gasteiger partial charge in [-0.15, -0.1) is 0 Å². The number of rotatable bonds is 5. The zero-order valence-corrected chi connectivity index (χ0v) is 10.5. The maximum atomic E-state index is 13.7. The maximum Gasteiger partial charge on any atom is 0.166 e. The average molecular weight is 269 g/mol. The molecule has 96 valence electrons. The fourth-order valence-corrected chi connectivity index (χ4v) is 1.79. The minimum absolute atomic E-state index is 0.0683. The van der Waals surface area contributed by atoms with E-state index >= 15 is 0 Å². The Morgan fingerprint density at radius 2 is 2.28 bits per heavy atom. The quantitative estimate of drug-likeness (QED) is 0.648. The van der Waals surface area contributed by atoms with Crippen LogP contribution in [0.1, 0.15) is 6.42 Å². The molecule has 0 unspecified atom stereocenters. The summed E-state index contributed by atoms with van der Waals surface area (Å²) in [6.07, 6.45) is 4.42. The van der Waals surface area contributed by atoms with Gasteiger partial charge in [-0.25, -0.2) is 4.39 Å². The Morgan fingerprint density at radius 1 is 1.44 bits per heavy atom. The van der Waals surface area contributed by atoms with Crippen molar-refractivity contribution in [3.05, 3.63) is 41.4 Å². The third-order valence-corrected chi connectivity index (χ3v) is 2.84. The van der Waals surface area contributed by atoms with Crippen molar-refractivity contribution in [2.24, 2.45) is 0 Å². The molecule has 0 bridgehead atoms. The molecule has 0 atom stereocenters. The molecule has 1 heterocycles. The number of nitrogens with two attached hydrogens (primary N) is 1. The molecule has 0 spiro atoms. The summed E-state index contributed by atoms with van der Waals surface area (Å²) in [6.45, 7) is 1.36. The van der Waals surface area contributed by atoms with Gasteiger partial charge in [-0.3, -0.25) is 4.68 Å². The smallest absolute Gasteiger partial charge is 0.166 e. The summed E-state index contributed by atoms with van der Waals surface area (Å²) in [7, 11) is 0. The fraction of sp³-hybridized carbons (Fsp3) is 0.250. The van der Waals surface area contributed by atoms with Gasteiger partial charge in [0, 0.05) is 25.5 Å². The third kappa shape index (κ3) is 2.92. The molecule has 6 heteroatoms. The van der Waals surface area contributed by atoms with Gasteiger partial charge in [0.25, 0.3) is 0 Å². The van der Waals surface area contributed by atoms with Crippen LogP contribution in [0.25, 0.3) is 0 Å². The minimum atomic E-state index is -0.504. The van der Waals surface area contributed by atoms with Crippen LogP contribution in [0.2, 0.25) is 5.02 Å². The van der Waals surface area contributed by atoms with Crippen LogP contribution in [0.4, 0.5) is 15.8 Å². The highest BCUT2D eigenvalue weighted by molar-refractivity contribution is 6.31. The summed E-state index contributed by atoms with van der Waals surface area (Å²) >= 11 is 5.70. The lowest BCUT2D eigenvalue weighted by Crippen LogP contribution is -2.09. The Labute approximate surface area is 110 Å². The fourth-order valence-electron chi connectivity index (χ4n) is 1.63. The zero-order valence-electron chi connectivity index (χ0n) is 9.74. The van der Waals surface area contributed by atoms with Crippen LogP contribution in [0.3, 0.4) is 0 Å². The predicted octanol–water partition coefficient (Wildman–Crippen LogP) is 2.76. The van der Waals surface area contributed by atoms with Gasteiger partial charge < -0.3 is 11.1 Å². The lowest BCUT2D eigenvalue weighted by atomic mass is 10.2. The molecule has 2 rings (SSSR count). The normalized spacial score (nSPS) is 10.6. The van der Waals surface area contributed by atoms with Crippen molar-refractivity contribution in [1.29, 1.82) is 0 Å². The van der Waals surface area contributed by atoms with Crippen LogP contribution in [-0.2, 0) is 6.54 Å². The second-order valence-electron chi connectivity index (χ2n) is 3.88. The van der Waals surface area contributed by atoms with E-state index in [0.717, 1.165) is 13.0 Å². The molecule has 1 aromatic carbocycles. The Bertz CT molecular complexity index is 513. The second kappa shape index (κ2) is 5.73. The first-order chi connectivity index (χ1) is 8.68. The van der Waals surface area contributed by atoms with Crippen LogP contribution < -0.4 is 11.1 Å². The number of benzene rings is 1. The molecule has 0 radical (unpaired) electrons. The van der Waals surface area contributed by atoms with Crippen LogP contribution >= 0.6 is 11.6 Å². The number of halogens is 2. The summed E-state index contributed by atoms with van der Waals surface area (Å²) < 4.78 is 15.5.